The molecule has 0 bridgehead atoms. The van der Waals surface area contributed by atoms with E-state index in [2.05, 4.69) is 4.18 Å². The van der Waals surface area contributed by atoms with Gasteiger partial charge in [-0.3, -0.25) is 0 Å². The molecule has 1 aromatic carbocycles. The normalized spacial score (nSPS) is 12.1. The molecule has 0 fully saturated rings. The van der Waals surface area contributed by atoms with Crippen LogP contribution in [0.3, 0.4) is 0 Å². The number of aryl methyl sites for hydroxylation is 1. The molecule has 0 saturated heterocycles. The van der Waals surface area contributed by atoms with Gasteiger partial charge in [0.1, 0.15) is 6.61 Å². The number of hydrogen-bond acceptors (Lipinski definition) is 2. The molecule has 0 atom stereocenters. The summed E-state index contributed by atoms with van der Waals surface area (Å²) >= 11 is 0.660. The van der Waals surface area contributed by atoms with Gasteiger partial charge in [0.2, 0.25) is 0 Å². The Hall–Kier alpha value is -0.750. The van der Waals surface area contributed by atoms with E-state index in [1.165, 1.54) is 0 Å². The minimum Gasteiger partial charge on any atom is -0.304 e. The van der Waals surface area contributed by atoms with Gasteiger partial charge < -0.3 is 4.18 Å². The number of rotatable bonds is 5. The molecule has 0 saturated carbocycles. The number of halogens is 4. The molecule has 0 amide bonds. The molecule has 0 N–H and O–H groups in total. The molecule has 6 heteroatoms. The molecule has 0 aromatic heterocycles. The summed E-state index contributed by atoms with van der Waals surface area (Å²) in [4.78, 5) is 0.593. The molecule has 1 rings (SSSR count). The minimum absolute atomic E-state index is 0.593. The minimum atomic E-state index is -4.10. The van der Waals surface area contributed by atoms with E-state index in [-0.39, 0.29) is 0 Å². The Bertz CT molecular complexity index is 326. The predicted octanol–water partition coefficient (Wildman–Crippen LogP) is 3.92. The maximum atomic E-state index is 12.4. The second kappa shape index (κ2) is 5.54. The Balaban J connectivity index is 2.39. The van der Waals surface area contributed by atoms with Crippen molar-refractivity contribution in [1.82, 2.24) is 0 Å². The third kappa shape index (κ3) is 4.02. The van der Waals surface area contributed by atoms with Crippen molar-refractivity contribution in [3.05, 3.63) is 29.8 Å². The van der Waals surface area contributed by atoms with Crippen molar-refractivity contribution in [2.75, 3.05) is 6.61 Å². The monoisotopic (exact) mass is 254 g/mol. The Morgan fingerprint density at radius 3 is 2.31 bits per heavy atom. The zero-order valence-corrected chi connectivity index (χ0v) is 9.24. The van der Waals surface area contributed by atoms with Crippen LogP contribution in [0.2, 0.25) is 0 Å². The first-order valence-electron chi connectivity index (χ1n) is 4.44. The molecule has 0 spiro atoms. The summed E-state index contributed by atoms with van der Waals surface area (Å²) in [6, 6.07) is 6.88. The summed E-state index contributed by atoms with van der Waals surface area (Å²) in [7, 11) is 0. The SMILES string of the molecule is Cc1ccc(SOCC(F)(F)C(F)F)cc1. The fourth-order valence-corrected chi connectivity index (χ4v) is 1.43. The van der Waals surface area contributed by atoms with Gasteiger partial charge in [-0.05, 0) is 19.1 Å². The number of alkyl halides is 4. The largest absolute Gasteiger partial charge is 0.331 e. The van der Waals surface area contributed by atoms with Crippen LogP contribution in [0.4, 0.5) is 17.6 Å². The van der Waals surface area contributed by atoms with Crippen molar-refractivity contribution in [1.29, 1.82) is 0 Å². The summed E-state index contributed by atoms with van der Waals surface area (Å²) in [5.74, 6) is -4.10. The molecule has 1 nitrogen and oxygen atoms in total. The van der Waals surface area contributed by atoms with Crippen molar-refractivity contribution in [3.8, 4) is 0 Å². The van der Waals surface area contributed by atoms with Crippen molar-refractivity contribution >= 4 is 12.0 Å². The molecule has 0 aliphatic carbocycles. The highest BCUT2D eigenvalue weighted by atomic mass is 32.2. The molecule has 0 aliphatic heterocycles. The highest BCUT2D eigenvalue weighted by Crippen LogP contribution is 2.27. The molecule has 90 valence electrons. The third-order valence-electron chi connectivity index (χ3n) is 1.75. The summed E-state index contributed by atoms with van der Waals surface area (Å²) in [6.45, 7) is 0.573. The van der Waals surface area contributed by atoms with Crippen LogP contribution < -0.4 is 0 Å². The number of hydrogen-bond donors (Lipinski definition) is 0. The number of benzene rings is 1. The summed E-state index contributed by atoms with van der Waals surface area (Å²) in [5, 5.41) is 0. The van der Waals surface area contributed by atoms with E-state index >= 15 is 0 Å². The van der Waals surface area contributed by atoms with Gasteiger partial charge >= 0.3 is 12.3 Å². The molecule has 0 aliphatic rings. The van der Waals surface area contributed by atoms with Crippen LogP contribution in [0.25, 0.3) is 0 Å². The molecular weight excluding hydrogens is 244 g/mol. The van der Waals surface area contributed by atoms with E-state index in [1.807, 2.05) is 6.92 Å². The van der Waals surface area contributed by atoms with Gasteiger partial charge in [0.15, 0.2) is 0 Å². The van der Waals surface area contributed by atoms with Crippen molar-refractivity contribution in [3.63, 3.8) is 0 Å². The zero-order valence-electron chi connectivity index (χ0n) is 8.42. The first kappa shape index (κ1) is 13.3. The van der Waals surface area contributed by atoms with Crippen LogP contribution in [0.1, 0.15) is 5.56 Å². The summed E-state index contributed by atoms with van der Waals surface area (Å²) in [5.41, 5.74) is 1.02. The predicted molar refractivity (Wildman–Crippen MR) is 53.9 cm³/mol. The fourth-order valence-electron chi connectivity index (χ4n) is 0.833. The van der Waals surface area contributed by atoms with Gasteiger partial charge in [0, 0.05) is 16.9 Å². The van der Waals surface area contributed by atoms with E-state index in [1.54, 1.807) is 24.3 Å². The Morgan fingerprint density at radius 2 is 1.81 bits per heavy atom. The van der Waals surface area contributed by atoms with Crippen molar-refractivity contribution in [2.24, 2.45) is 0 Å². The van der Waals surface area contributed by atoms with Crippen LogP contribution in [-0.4, -0.2) is 19.0 Å². The quantitative estimate of drug-likeness (QED) is 0.581. The van der Waals surface area contributed by atoms with Crippen LogP contribution in [0.5, 0.6) is 0 Å². The first-order chi connectivity index (χ1) is 7.42. The highest BCUT2D eigenvalue weighted by Gasteiger charge is 2.41. The van der Waals surface area contributed by atoms with Crippen LogP contribution >= 0.6 is 12.0 Å². The van der Waals surface area contributed by atoms with Gasteiger partial charge in [0.05, 0.1) is 0 Å². The van der Waals surface area contributed by atoms with Gasteiger partial charge in [0.25, 0.3) is 0 Å². The van der Waals surface area contributed by atoms with Crippen molar-refractivity contribution in [2.45, 2.75) is 24.2 Å². The third-order valence-corrected chi connectivity index (χ3v) is 2.45. The lowest BCUT2D eigenvalue weighted by Crippen LogP contribution is -2.31. The highest BCUT2D eigenvalue weighted by molar-refractivity contribution is 7.94. The fraction of sp³-hybridized carbons (Fsp3) is 0.400. The van der Waals surface area contributed by atoms with Gasteiger partial charge in [-0.15, -0.1) is 0 Å². The lowest BCUT2D eigenvalue weighted by molar-refractivity contribution is -0.145. The first-order valence-corrected chi connectivity index (χ1v) is 5.18. The van der Waals surface area contributed by atoms with E-state index in [4.69, 9.17) is 0 Å². The summed E-state index contributed by atoms with van der Waals surface area (Å²) < 4.78 is 52.8. The van der Waals surface area contributed by atoms with E-state index < -0.39 is 19.0 Å². The van der Waals surface area contributed by atoms with Gasteiger partial charge in [-0.2, -0.15) is 8.78 Å². The average Bonchev–Trinajstić information content (AvgIpc) is 2.20. The summed E-state index contributed by atoms with van der Waals surface area (Å²) in [6.07, 6.45) is -3.70. The molecule has 16 heavy (non-hydrogen) atoms. The smallest absolute Gasteiger partial charge is 0.304 e. The second-order valence-corrected chi connectivity index (χ2v) is 4.09. The van der Waals surface area contributed by atoms with E-state index in [9.17, 15) is 17.6 Å². The van der Waals surface area contributed by atoms with Crippen LogP contribution in [0.15, 0.2) is 29.2 Å². The van der Waals surface area contributed by atoms with Crippen LogP contribution in [-0.2, 0) is 4.18 Å². The topological polar surface area (TPSA) is 9.23 Å². The van der Waals surface area contributed by atoms with Gasteiger partial charge in [-0.25, -0.2) is 8.78 Å². The van der Waals surface area contributed by atoms with E-state index in [0.29, 0.717) is 16.9 Å². The molecule has 0 heterocycles. The Kier molecular flexibility index (Phi) is 4.61. The van der Waals surface area contributed by atoms with Gasteiger partial charge in [-0.1, -0.05) is 17.7 Å². The molecule has 0 radical (unpaired) electrons. The van der Waals surface area contributed by atoms with Crippen molar-refractivity contribution < 1.29 is 21.7 Å². The Labute approximate surface area is 95.0 Å². The maximum Gasteiger partial charge on any atom is 0.331 e. The standard InChI is InChI=1S/C10H10F4OS/c1-7-2-4-8(5-3-7)16-15-6-10(13,14)9(11)12/h2-5,9H,6H2,1H3. The molecule has 0 unspecified atom stereocenters. The maximum absolute atomic E-state index is 12.4. The zero-order chi connectivity index (χ0) is 12.2. The molecular formula is C10H10F4OS. The van der Waals surface area contributed by atoms with Crippen LogP contribution in [0, 0.1) is 6.92 Å². The lowest BCUT2D eigenvalue weighted by Gasteiger charge is -2.14. The lowest BCUT2D eigenvalue weighted by atomic mass is 10.2. The molecule has 1 aromatic rings. The van der Waals surface area contributed by atoms with E-state index in [0.717, 1.165) is 5.56 Å². The average molecular weight is 254 g/mol. The Morgan fingerprint density at radius 1 is 1.25 bits per heavy atom. The second-order valence-electron chi connectivity index (χ2n) is 3.22.